The molecule has 1 aromatic heterocycles. The summed E-state index contributed by atoms with van der Waals surface area (Å²) < 4.78 is 7.26. The average Bonchev–Trinajstić information content (AvgIpc) is 2.91. The molecule has 2 rings (SSSR count). The number of nitrogens with zero attached hydrogens (tertiary/aromatic N) is 1. The molecule has 0 bridgehead atoms. The third-order valence-corrected chi connectivity index (χ3v) is 3.13. The zero-order chi connectivity index (χ0) is 13.3. The highest BCUT2D eigenvalue weighted by Crippen LogP contribution is 2.05. The molecule has 0 spiro atoms. The highest BCUT2D eigenvalue weighted by atomic mass is 16.5. The standard InChI is InChI=1S/C16H22N2O/c1-19-12-9-17-13-16-8-11-18(14-16)10-7-15-5-3-2-4-6-15/h2-6,8,11,14,17H,7,9-10,12-13H2,1H3. The van der Waals surface area contributed by atoms with Crippen LogP contribution in [-0.2, 0) is 24.2 Å². The molecule has 1 heterocycles. The number of benzene rings is 1. The lowest BCUT2D eigenvalue weighted by molar-refractivity contribution is 0.199. The summed E-state index contributed by atoms with van der Waals surface area (Å²) in [4.78, 5) is 0. The second kappa shape index (κ2) is 7.77. The Balaban J connectivity index is 1.74. The van der Waals surface area contributed by atoms with Gasteiger partial charge in [0.1, 0.15) is 0 Å². The minimum atomic E-state index is 0.759. The van der Waals surface area contributed by atoms with E-state index in [1.165, 1.54) is 11.1 Å². The van der Waals surface area contributed by atoms with Crippen molar-refractivity contribution in [3.8, 4) is 0 Å². The zero-order valence-electron chi connectivity index (χ0n) is 11.5. The van der Waals surface area contributed by atoms with Crippen molar-refractivity contribution in [2.24, 2.45) is 0 Å². The van der Waals surface area contributed by atoms with Gasteiger partial charge in [0.05, 0.1) is 6.61 Å². The summed E-state index contributed by atoms with van der Waals surface area (Å²) in [7, 11) is 1.72. The van der Waals surface area contributed by atoms with Crippen LogP contribution in [0.4, 0.5) is 0 Å². The van der Waals surface area contributed by atoms with E-state index in [1.54, 1.807) is 7.11 Å². The van der Waals surface area contributed by atoms with Crippen molar-refractivity contribution in [2.45, 2.75) is 19.5 Å². The van der Waals surface area contributed by atoms with Crippen molar-refractivity contribution in [3.05, 3.63) is 59.9 Å². The predicted octanol–water partition coefficient (Wildman–Crippen LogP) is 2.47. The van der Waals surface area contributed by atoms with Crippen LogP contribution in [-0.4, -0.2) is 24.8 Å². The molecule has 0 amide bonds. The van der Waals surface area contributed by atoms with Gasteiger partial charge in [-0.15, -0.1) is 0 Å². The lowest BCUT2D eigenvalue weighted by atomic mass is 10.1. The lowest BCUT2D eigenvalue weighted by Crippen LogP contribution is -2.18. The molecule has 3 heteroatoms. The third-order valence-electron chi connectivity index (χ3n) is 3.13. The van der Waals surface area contributed by atoms with Crippen LogP contribution < -0.4 is 5.32 Å². The first-order chi connectivity index (χ1) is 9.38. The second-order valence-electron chi connectivity index (χ2n) is 4.66. The average molecular weight is 258 g/mol. The minimum absolute atomic E-state index is 0.759. The molecule has 0 unspecified atom stereocenters. The van der Waals surface area contributed by atoms with Gasteiger partial charge in [-0.3, -0.25) is 0 Å². The Bertz CT molecular complexity index is 465. The maximum Gasteiger partial charge on any atom is 0.0587 e. The number of ether oxygens (including phenoxy) is 1. The summed E-state index contributed by atoms with van der Waals surface area (Å²) in [6, 6.07) is 12.8. The Morgan fingerprint density at radius 1 is 1.11 bits per heavy atom. The Morgan fingerprint density at radius 2 is 1.95 bits per heavy atom. The number of hydrogen-bond donors (Lipinski definition) is 1. The lowest BCUT2D eigenvalue weighted by Gasteiger charge is -2.04. The molecule has 1 aromatic carbocycles. The SMILES string of the molecule is COCCNCc1ccn(CCc2ccccc2)c1. The van der Waals surface area contributed by atoms with Crippen molar-refractivity contribution in [1.82, 2.24) is 9.88 Å². The van der Waals surface area contributed by atoms with Gasteiger partial charge in [-0.2, -0.15) is 0 Å². The predicted molar refractivity (Wildman–Crippen MR) is 78.2 cm³/mol. The molecular formula is C16H22N2O. The second-order valence-corrected chi connectivity index (χ2v) is 4.66. The smallest absolute Gasteiger partial charge is 0.0587 e. The van der Waals surface area contributed by atoms with Gasteiger partial charge in [-0.25, -0.2) is 0 Å². The number of methoxy groups -OCH3 is 1. The first-order valence-electron chi connectivity index (χ1n) is 6.77. The van der Waals surface area contributed by atoms with Crippen LogP contribution in [0.3, 0.4) is 0 Å². The van der Waals surface area contributed by atoms with E-state index in [-0.39, 0.29) is 0 Å². The molecule has 1 N–H and O–H groups in total. The first-order valence-corrected chi connectivity index (χ1v) is 6.77. The van der Waals surface area contributed by atoms with E-state index >= 15 is 0 Å². The fourth-order valence-corrected chi connectivity index (χ4v) is 2.04. The molecule has 19 heavy (non-hydrogen) atoms. The molecule has 0 saturated carbocycles. The summed E-state index contributed by atoms with van der Waals surface area (Å²) in [5.74, 6) is 0. The minimum Gasteiger partial charge on any atom is -0.383 e. The Hall–Kier alpha value is -1.58. The number of hydrogen-bond acceptors (Lipinski definition) is 2. The topological polar surface area (TPSA) is 26.2 Å². The van der Waals surface area contributed by atoms with Crippen molar-refractivity contribution < 1.29 is 4.74 Å². The van der Waals surface area contributed by atoms with Gasteiger partial charge in [-0.1, -0.05) is 30.3 Å². The molecule has 0 aliphatic carbocycles. The highest BCUT2D eigenvalue weighted by molar-refractivity contribution is 5.15. The number of aryl methyl sites for hydroxylation is 2. The van der Waals surface area contributed by atoms with Crippen LogP contribution in [0.15, 0.2) is 48.8 Å². The van der Waals surface area contributed by atoms with Gasteiger partial charge < -0.3 is 14.6 Å². The fraction of sp³-hybridized carbons (Fsp3) is 0.375. The van der Waals surface area contributed by atoms with Crippen LogP contribution >= 0.6 is 0 Å². The quantitative estimate of drug-likeness (QED) is 0.736. The van der Waals surface area contributed by atoms with E-state index < -0.39 is 0 Å². The monoisotopic (exact) mass is 258 g/mol. The van der Waals surface area contributed by atoms with E-state index in [2.05, 4.69) is 58.7 Å². The fourth-order valence-electron chi connectivity index (χ4n) is 2.04. The van der Waals surface area contributed by atoms with Crippen LogP contribution in [0.1, 0.15) is 11.1 Å². The van der Waals surface area contributed by atoms with Crippen molar-refractivity contribution in [1.29, 1.82) is 0 Å². The molecule has 0 atom stereocenters. The van der Waals surface area contributed by atoms with Crippen molar-refractivity contribution >= 4 is 0 Å². The number of rotatable bonds is 8. The van der Waals surface area contributed by atoms with E-state index in [9.17, 15) is 0 Å². The van der Waals surface area contributed by atoms with Crippen LogP contribution in [0, 0.1) is 0 Å². The third kappa shape index (κ3) is 4.89. The molecule has 2 aromatic rings. The van der Waals surface area contributed by atoms with Crippen molar-refractivity contribution in [3.63, 3.8) is 0 Å². The summed E-state index contributed by atoms with van der Waals surface area (Å²) in [5.41, 5.74) is 2.71. The molecule has 102 valence electrons. The van der Waals surface area contributed by atoms with Gasteiger partial charge in [0.25, 0.3) is 0 Å². The number of aromatic nitrogens is 1. The molecule has 0 aliphatic rings. The largest absolute Gasteiger partial charge is 0.383 e. The Morgan fingerprint density at radius 3 is 2.74 bits per heavy atom. The highest BCUT2D eigenvalue weighted by Gasteiger charge is 1.98. The summed E-state index contributed by atoms with van der Waals surface area (Å²) in [6.45, 7) is 3.59. The Labute approximate surface area is 115 Å². The maximum absolute atomic E-state index is 5.00. The van der Waals surface area contributed by atoms with E-state index in [0.29, 0.717) is 0 Å². The first kappa shape index (κ1) is 13.8. The van der Waals surface area contributed by atoms with Gasteiger partial charge in [0.2, 0.25) is 0 Å². The summed E-state index contributed by atoms with van der Waals surface area (Å²) >= 11 is 0. The molecule has 0 radical (unpaired) electrons. The number of nitrogens with one attached hydrogen (secondary N) is 1. The van der Waals surface area contributed by atoms with E-state index in [1.807, 2.05) is 0 Å². The molecular weight excluding hydrogens is 236 g/mol. The van der Waals surface area contributed by atoms with Gasteiger partial charge >= 0.3 is 0 Å². The molecule has 0 fully saturated rings. The zero-order valence-corrected chi connectivity index (χ0v) is 11.5. The summed E-state index contributed by atoms with van der Waals surface area (Å²) in [5, 5.41) is 3.35. The Kier molecular flexibility index (Phi) is 5.66. The summed E-state index contributed by atoms with van der Waals surface area (Å²) in [6.07, 6.45) is 5.44. The molecule has 0 saturated heterocycles. The van der Waals surface area contributed by atoms with Crippen molar-refractivity contribution in [2.75, 3.05) is 20.3 Å². The van der Waals surface area contributed by atoms with Crippen LogP contribution in [0.25, 0.3) is 0 Å². The maximum atomic E-state index is 5.00. The normalized spacial score (nSPS) is 10.8. The molecule has 3 nitrogen and oxygen atoms in total. The molecule has 0 aliphatic heterocycles. The van der Waals surface area contributed by atoms with Gasteiger partial charge in [0, 0.05) is 39.1 Å². The van der Waals surface area contributed by atoms with Gasteiger partial charge in [-0.05, 0) is 23.6 Å². The van der Waals surface area contributed by atoms with Crippen LogP contribution in [0.5, 0.6) is 0 Å². The van der Waals surface area contributed by atoms with E-state index in [4.69, 9.17) is 4.74 Å². The van der Waals surface area contributed by atoms with Crippen LogP contribution in [0.2, 0.25) is 0 Å². The van der Waals surface area contributed by atoms with E-state index in [0.717, 1.165) is 32.7 Å². The van der Waals surface area contributed by atoms with Gasteiger partial charge in [0.15, 0.2) is 0 Å².